The first-order valence-corrected chi connectivity index (χ1v) is 12.9. The van der Waals surface area contributed by atoms with Gasteiger partial charge in [0.1, 0.15) is 11.3 Å². The van der Waals surface area contributed by atoms with Gasteiger partial charge in [0.25, 0.3) is 17.5 Å². The molecule has 3 aromatic rings. The van der Waals surface area contributed by atoms with Gasteiger partial charge in [0.15, 0.2) is 0 Å². The molecule has 0 radical (unpaired) electrons. The first-order valence-electron chi connectivity index (χ1n) is 12.5. The minimum absolute atomic E-state index is 0.00678. The third-order valence-corrected chi connectivity index (χ3v) is 7.01. The summed E-state index contributed by atoms with van der Waals surface area (Å²) in [5.41, 5.74) is 0.581. The van der Waals surface area contributed by atoms with E-state index in [0.29, 0.717) is 58.8 Å². The van der Waals surface area contributed by atoms with Crippen LogP contribution in [0.4, 0.5) is 16.2 Å². The molecular formula is C28H27ClN4O6. The first kappa shape index (κ1) is 26.4. The van der Waals surface area contributed by atoms with Gasteiger partial charge in [-0.2, -0.15) is 0 Å². The van der Waals surface area contributed by atoms with E-state index >= 15 is 0 Å². The van der Waals surface area contributed by atoms with Crippen molar-refractivity contribution in [2.75, 3.05) is 31.1 Å². The number of imide groups is 1. The predicted molar refractivity (Wildman–Crippen MR) is 146 cm³/mol. The van der Waals surface area contributed by atoms with E-state index in [2.05, 4.69) is 0 Å². The SMILES string of the molecule is CC(C)(C)OC(=O)N1CCN(c2c([N+](=O)[O-])cc3c4c(cccc24)C(=O)N(Cc2ccc(Cl)cc2)C3=O)CC1. The van der Waals surface area contributed by atoms with Crippen LogP contribution in [-0.4, -0.2) is 64.4 Å². The second kappa shape index (κ2) is 9.85. The Morgan fingerprint density at radius 2 is 1.64 bits per heavy atom. The van der Waals surface area contributed by atoms with Crippen molar-refractivity contribution in [3.8, 4) is 0 Å². The molecule has 5 rings (SSSR count). The highest BCUT2D eigenvalue weighted by molar-refractivity contribution is 6.30. The van der Waals surface area contributed by atoms with Crippen LogP contribution < -0.4 is 4.90 Å². The number of nitro groups is 1. The Balaban J connectivity index is 1.52. The average molecular weight is 551 g/mol. The molecule has 0 unspecified atom stereocenters. The van der Waals surface area contributed by atoms with Crippen LogP contribution in [0.5, 0.6) is 0 Å². The number of piperazine rings is 1. The van der Waals surface area contributed by atoms with Gasteiger partial charge >= 0.3 is 6.09 Å². The second-order valence-corrected chi connectivity index (χ2v) is 11.0. The molecule has 2 heterocycles. The molecule has 1 fully saturated rings. The smallest absolute Gasteiger partial charge is 0.410 e. The van der Waals surface area contributed by atoms with Gasteiger partial charge in [-0.25, -0.2) is 4.79 Å². The summed E-state index contributed by atoms with van der Waals surface area (Å²) in [6.07, 6.45) is -0.439. The number of amides is 3. The maximum atomic E-state index is 13.6. The maximum absolute atomic E-state index is 13.6. The summed E-state index contributed by atoms with van der Waals surface area (Å²) in [7, 11) is 0. The fourth-order valence-electron chi connectivity index (χ4n) is 5.01. The molecule has 0 aromatic heterocycles. The Morgan fingerprint density at radius 1 is 1.00 bits per heavy atom. The van der Waals surface area contributed by atoms with Crippen LogP contribution >= 0.6 is 11.6 Å². The van der Waals surface area contributed by atoms with Gasteiger partial charge in [-0.3, -0.25) is 24.6 Å². The van der Waals surface area contributed by atoms with Crippen LogP contribution in [0.25, 0.3) is 10.8 Å². The van der Waals surface area contributed by atoms with Gasteiger partial charge < -0.3 is 14.5 Å². The number of hydrogen-bond donors (Lipinski definition) is 0. The third kappa shape index (κ3) is 4.99. The summed E-state index contributed by atoms with van der Waals surface area (Å²) in [5.74, 6) is -1.06. The lowest BCUT2D eigenvalue weighted by molar-refractivity contribution is -0.384. The van der Waals surface area contributed by atoms with Crippen molar-refractivity contribution >= 4 is 51.7 Å². The molecule has 0 bridgehead atoms. The first-order chi connectivity index (χ1) is 18.4. The Kier molecular flexibility index (Phi) is 6.67. The number of rotatable bonds is 4. The number of carbonyl (C=O) groups is 3. The number of nitrogens with zero attached hydrogens (tertiary/aromatic N) is 4. The maximum Gasteiger partial charge on any atom is 0.410 e. The quantitative estimate of drug-likeness (QED) is 0.247. The molecule has 0 N–H and O–H groups in total. The molecule has 202 valence electrons. The van der Waals surface area contributed by atoms with E-state index in [1.807, 2.05) is 4.90 Å². The number of ether oxygens (including phenoxy) is 1. The van der Waals surface area contributed by atoms with Crippen molar-refractivity contribution in [1.82, 2.24) is 9.80 Å². The van der Waals surface area contributed by atoms with Gasteiger partial charge in [-0.05, 0) is 44.5 Å². The summed E-state index contributed by atoms with van der Waals surface area (Å²) in [6.45, 7) is 6.64. The molecule has 11 heteroatoms. The summed E-state index contributed by atoms with van der Waals surface area (Å²) in [4.78, 5) is 55.8. The summed E-state index contributed by atoms with van der Waals surface area (Å²) >= 11 is 5.97. The number of hydrogen-bond acceptors (Lipinski definition) is 7. The van der Waals surface area contributed by atoms with Crippen molar-refractivity contribution in [2.45, 2.75) is 32.9 Å². The van der Waals surface area contributed by atoms with Crippen LogP contribution in [0.1, 0.15) is 47.1 Å². The number of carbonyl (C=O) groups excluding carboxylic acids is 3. The molecule has 2 aliphatic rings. The van der Waals surface area contributed by atoms with Crippen molar-refractivity contribution in [3.05, 3.63) is 80.4 Å². The number of nitro benzene ring substituents is 1. The predicted octanol–water partition coefficient (Wildman–Crippen LogP) is 5.25. The van der Waals surface area contributed by atoms with Crippen LogP contribution in [0.2, 0.25) is 5.02 Å². The summed E-state index contributed by atoms with van der Waals surface area (Å²) in [5, 5.41) is 13.7. The van der Waals surface area contributed by atoms with Crippen LogP contribution in [0, 0.1) is 10.1 Å². The van der Waals surface area contributed by atoms with E-state index in [1.54, 1.807) is 68.1 Å². The molecule has 3 aromatic carbocycles. The highest BCUT2D eigenvalue weighted by atomic mass is 35.5. The van der Waals surface area contributed by atoms with Crippen molar-refractivity contribution in [1.29, 1.82) is 0 Å². The van der Waals surface area contributed by atoms with Crippen LogP contribution in [0.3, 0.4) is 0 Å². The van der Waals surface area contributed by atoms with E-state index in [4.69, 9.17) is 16.3 Å². The third-order valence-electron chi connectivity index (χ3n) is 6.76. The zero-order valence-corrected chi connectivity index (χ0v) is 22.5. The standard InChI is InChI=1S/C28H27ClN4O6/c1-28(2,3)39-27(36)31-13-11-30(12-14-31)24-19-5-4-6-20-23(19)21(15-22(24)33(37)38)26(35)32(25(20)34)16-17-7-9-18(29)10-8-17/h4-10,15H,11-14,16H2,1-3H3. The van der Waals surface area contributed by atoms with Gasteiger partial charge in [-0.1, -0.05) is 35.9 Å². The van der Waals surface area contributed by atoms with E-state index in [-0.39, 0.29) is 17.8 Å². The Labute approximate surface area is 229 Å². The number of benzene rings is 3. The van der Waals surface area contributed by atoms with E-state index < -0.39 is 28.4 Å². The highest BCUT2D eigenvalue weighted by Crippen LogP contribution is 2.42. The minimum Gasteiger partial charge on any atom is -0.444 e. The van der Waals surface area contributed by atoms with Gasteiger partial charge in [0.2, 0.25) is 0 Å². The van der Waals surface area contributed by atoms with Gasteiger partial charge in [0, 0.05) is 53.6 Å². The Morgan fingerprint density at radius 3 is 2.26 bits per heavy atom. The molecule has 3 amide bonds. The topological polar surface area (TPSA) is 113 Å². The molecule has 0 aliphatic carbocycles. The molecule has 0 saturated carbocycles. The van der Waals surface area contributed by atoms with Crippen LogP contribution in [0.15, 0.2) is 48.5 Å². The summed E-state index contributed by atoms with van der Waals surface area (Å²) < 4.78 is 5.46. The van der Waals surface area contributed by atoms with E-state index in [0.717, 1.165) is 4.90 Å². The number of halogens is 1. The van der Waals surface area contributed by atoms with Crippen molar-refractivity contribution in [3.63, 3.8) is 0 Å². The number of anilines is 1. The zero-order chi connectivity index (χ0) is 28.1. The molecular weight excluding hydrogens is 524 g/mol. The molecule has 1 saturated heterocycles. The lowest BCUT2D eigenvalue weighted by Crippen LogP contribution is -2.50. The normalized spacial score (nSPS) is 15.6. The van der Waals surface area contributed by atoms with Crippen molar-refractivity contribution in [2.24, 2.45) is 0 Å². The van der Waals surface area contributed by atoms with E-state index in [9.17, 15) is 24.5 Å². The lowest BCUT2D eigenvalue weighted by atomic mass is 9.91. The molecule has 10 nitrogen and oxygen atoms in total. The fraction of sp³-hybridized carbons (Fsp3) is 0.321. The van der Waals surface area contributed by atoms with Crippen molar-refractivity contribution < 1.29 is 24.0 Å². The zero-order valence-electron chi connectivity index (χ0n) is 21.8. The van der Waals surface area contributed by atoms with Gasteiger partial charge in [0.05, 0.1) is 17.0 Å². The monoisotopic (exact) mass is 550 g/mol. The fourth-order valence-corrected chi connectivity index (χ4v) is 5.14. The highest BCUT2D eigenvalue weighted by Gasteiger charge is 2.38. The minimum atomic E-state index is -0.635. The van der Waals surface area contributed by atoms with Gasteiger partial charge in [-0.15, -0.1) is 0 Å². The Hall–Kier alpha value is -4.18. The van der Waals surface area contributed by atoms with Crippen LogP contribution in [-0.2, 0) is 11.3 Å². The average Bonchev–Trinajstić information content (AvgIpc) is 2.89. The molecule has 2 aliphatic heterocycles. The lowest BCUT2D eigenvalue weighted by Gasteiger charge is -2.37. The molecule has 0 atom stereocenters. The molecule has 39 heavy (non-hydrogen) atoms. The Bertz CT molecular complexity index is 1510. The second-order valence-electron chi connectivity index (χ2n) is 10.6. The van der Waals surface area contributed by atoms with E-state index in [1.165, 1.54) is 6.07 Å². The molecule has 0 spiro atoms. The largest absolute Gasteiger partial charge is 0.444 e. The summed E-state index contributed by atoms with van der Waals surface area (Å²) in [6, 6.07) is 13.0.